The number of imide groups is 1. The number of hydrogen-bond donors (Lipinski definition) is 2. The second-order valence-corrected chi connectivity index (χ2v) is 8.15. The van der Waals surface area contributed by atoms with E-state index in [4.69, 9.17) is 0 Å². The molecule has 2 aliphatic rings. The predicted molar refractivity (Wildman–Crippen MR) is 99.6 cm³/mol. The molecule has 9 heteroatoms. The summed E-state index contributed by atoms with van der Waals surface area (Å²) in [4.78, 5) is 48.9. The zero-order valence-corrected chi connectivity index (χ0v) is 16.4. The topological polar surface area (TPSA) is 95.6 Å². The van der Waals surface area contributed by atoms with Crippen LogP contribution in [0.2, 0.25) is 0 Å². The smallest absolute Gasteiger partial charge is 0.242 e. The average Bonchev–Trinajstić information content (AvgIpc) is 2.89. The first-order valence-electron chi connectivity index (χ1n) is 8.63. The molecule has 0 aromatic carbocycles. The maximum absolute atomic E-state index is 12.5. The van der Waals surface area contributed by atoms with Crippen molar-refractivity contribution >= 4 is 44.8 Å². The van der Waals surface area contributed by atoms with Gasteiger partial charge in [0, 0.05) is 38.1 Å². The number of nitrogens with zero attached hydrogens (tertiary/aromatic N) is 1. The van der Waals surface area contributed by atoms with Gasteiger partial charge in [0.25, 0.3) is 0 Å². The third kappa shape index (κ3) is 5.42. The molecule has 25 heavy (non-hydrogen) atoms. The van der Waals surface area contributed by atoms with Crippen molar-refractivity contribution in [1.29, 1.82) is 0 Å². The zero-order valence-electron chi connectivity index (χ0n) is 14.5. The van der Waals surface area contributed by atoms with E-state index >= 15 is 0 Å². The van der Waals surface area contributed by atoms with Gasteiger partial charge in [-0.1, -0.05) is 0 Å². The van der Waals surface area contributed by atoms with E-state index in [1.165, 1.54) is 16.7 Å². The molecule has 2 N–H and O–H groups in total. The average molecular weight is 387 g/mol. The molecule has 1 aliphatic carbocycles. The number of carbonyl (C=O) groups is 4. The molecule has 1 saturated heterocycles. The lowest BCUT2D eigenvalue weighted by Crippen LogP contribution is -2.38. The van der Waals surface area contributed by atoms with Crippen molar-refractivity contribution < 1.29 is 19.2 Å². The van der Waals surface area contributed by atoms with Crippen LogP contribution in [0.1, 0.15) is 38.5 Å². The second kappa shape index (κ2) is 9.53. The fourth-order valence-electron chi connectivity index (χ4n) is 3.38. The SMILES string of the molecule is CNC(=O)CCSC1CC(=O)N(CC2CCC(C(=O)NP)CC2)C1=O. The van der Waals surface area contributed by atoms with Gasteiger partial charge in [-0.3, -0.25) is 24.1 Å². The fourth-order valence-corrected chi connectivity index (χ4v) is 4.73. The number of hydrogen-bond acceptors (Lipinski definition) is 5. The molecule has 0 aromatic rings. The molecule has 2 unspecified atom stereocenters. The first-order chi connectivity index (χ1) is 12.0. The van der Waals surface area contributed by atoms with Crippen LogP contribution in [0.3, 0.4) is 0 Å². The van der Waals surface area contributed by atoms with Gasteiger partial charge in [0.1, 0.15) is 0 Å². The minimum atomic E-state index is -0.364. The third-order valence-electron chi connectivity index (χ3n) is 4.93. The first-order valence-corrected chi connectivity index (χ1v) is 10.3. The molecule has 1 aliphatic heterocycles. The highest BCUT2D eigenvalue weighted by molar-refractivity contribution is 8.00. The van der Waals surface area contributed by atoms with Crippen LogP contribution in [0.5, 0.6) is 0 Å². The van der Waals surface area contributed by atoms with Gasteiger partial charge in [-0.2, -0.15) is 0 Å². The normalized spacial score (nSPS) is 26.6. The van der Waals surface area contributed by atoms with Crippen molar-refractivity contribution in [3.8, 4) is 0 Å². The van der Waals surface area contributed by atoms with E-state index in [9.17, 15) is 19.2 Å². The zero-order chi connectivity index (χ0) is 18.4. The molecule has 1 saturated carbocycles. The Morgan fingerprint density at radius 2 is 1.92 bits per heavy atom. The highest BCUT2D eigenvalue weighted by Gasteiger charge is 2.40. The summed E-state index contributed by atoms with van der Waals surface area (Å²) < 4.78 is 0. The molecule has 0 aromatic heterocycles. The summed E-state index contributed by atoms with van der Waals surface area (Å²) in [5, 5.41) is 4.78. The number of rotatable bonds is 7. The van der Waals surface area contributed by atoms with Gasteiger partial charge >= 0.3 is 0 Å². The van der Waals surface area contributed by atoms with Crippen molar-refractivity contribution in [3.63, 3.8) is 0 Å². The third-order valence-corrected chi connectivity index (χ3v) is 6.43. The molecule has 140 valence electrons. The van der Waals surface area contributed by atoms with Crippen molar-refractivity contribution in [2.75, 3.05) is 19.3 Å². The number of amides is 4. The van der Waals surface area contributed by atoms with Crippen molar-refractivity contribution in [3.05, 3.63) is 0 Å². The maximum atomic E-state index is 12.5. The Bertz CT molecular complexity index is 537. The Balaban J connectivity index is 1.79. The largest absolute Gasteiger partial charge is 0.359 e. The second-order valence-electron chi connectivity index (χ2n) is 6.56. The summed E-state index contributed by atoms with van der Waals surface area (Å²) >= 11 is 1.38. The summed E-state index contributed by atoms with van der Waals surface area (Å²) in [7, 11) is 3.82. The lowest BCUT2D eigenvalue weighted by molar-refractivity contribution is -0.139. The predicted octanol–water partition coefficient (Wildman–Crippen LogP) is 0.696. The lowest BCUT2D eigenvalue weighted by atomic mass is 9.81. The minimum Gasteiger partial charge on any atom is -0.359 e. The molecular weight excluding hydrogens is 361 g/mol. The number of likely N-dealkylation sites (tertiary alicyclic amines) is 1. The maximum Gasteiger partial charge on any atom is 0.242 e. The van der Waals surface area contributed by atoms with Gasteiger partial charge in [0.15, 0.2) is 0 Å². The van der Waals surface area contributed by atoms with Crippen LogP contribution in [0.25, 0.3) is 0 Å². The van der Waals surface area contributed by atoms with Gasteiger partial charge in [-0.05, 0) is 41.0 Å². The monoisotopic (exact) mass is 387 g/mol. The van der Waals surface area contributed by atoms with Crippen LogP contribution in [-0.4, -0.2) is 53.1 Å². The molecule has 0 bridgehead atoms. The summed E-state index contributed by atoms with van der Waals surface area (Å²) in [5.41, 5.74) is 0. The molecule has 1 heterocycles. The lowest BCUT2D eigenvalue weighted by Gasteiger charge is -2.29. The van der Waals surface area contributed by atoms with Gasteiger partial charge in [-0.15, -0.1) is 11.8 Å². The van der Waals surface area contributed by atoms with Crippen LogP contribution < -0.4 is 10.4 Å². The van der Waals surface area contributed by atoms with E-state index in [2.05, 4.69) is 19.8 Å². The van der Waals surface area contributed by atoms with Gasteiger partial charge in [0.2, 0.25) is 23.6 Å². The van der Waals surface area contributed by atoms with Crippen LogP contribution in [-0.2, 0) is 19.2 Å². The molecule has 0 spiro atoms. The van der Waals surface area contributed by atoms with Crippen LogP contribution in [0.4, 0.5) is 0 Å². The summed E-state index contributed by atoms with van der Waals surface area (Å²) in [6.07, 6.45) is 3.88. The Morgan fingerprint density at radius 1 is 1.24 bits per heavy atom. The standard InChI is InChI=1S/C16H26N3O4PS/c1-17-13(20)6-7-25-12-8-14(21)19(16(12)23)9-10-2-4-11(5-3-10)15(22)18-24/h10-12H,2-9,24H2,1H3,(H,17,20)(H,18,22). The Hall–Kier alpha value is -1.14. The Labute approximate surface area is 154 Å². The van der Waals surface area contributed by atoms with Gasteiger partial charge in [-0.25, -0.2) is 0 Å². The molecule has 0 radical (unpaired) electrons. The minimum absolute atomic E-state index is 0.0340. The van der Waals surface area contributed by atoms with E-state index in [-0.39, 0.29) is 47.1 Å². The van der Waals surface area contributed by atoms with Crippen LogP contribution in [0, 0.1) is 11.8 Å². The number of thioether (sulfide) groups is 1. The Morgan fingerprint density at radius 3 is 2.52 bits per heavy atom. The Kier molecular flexibility index (Phi) is 7.69. The first kappa shape index (κ1) is 20.2. The van der Waals surface area contributed by atoms with Gasteiger partial charge < -0.3 is 10.4 Å². The fraction of sp³-hybridized carbons (Fsp3) is 0.750. The van der Waals surface area contributed by atoms with Crippen molar-refractivity contribution in [1.82, 2.24) is 15.3 Å². The molecule has 7 nitrogen and oxygen atoms in total. The van der Waals surface area contributed by atoms with Crippen LogP contribution >= 0.6 is 21.2 Å². The van der Waals surface area contributed by atoms with Gasteiger partial charge in [0.05, 0.1) is 5.25 Å². The van der Waals surface area contributed by atoms with Crippen LogP contribution in [0.15, 0.2) is 0 Å². The van der Waals surface area contributed by atoms with E-state index in [0.717, 1.165) is 25.7 Å². The number of nitrogens with one attached hydrogen (secondary N) is 2. The summed E-state index contributed by atoms with van der Waals surface area (Å²) in [6.45, 7) is 0.458. The quantitative estimate of drug-likeness (QED) is 0.495. The number of carbonyl (C=O) groups excluding carboxylic acids is 4. The van der Waals surface area contributed by atoms with E-state index in [1.54, 1.807) is 7.05 Å². The summed E-state index contributed by atoms with van der Waals surface area (Å²) in [5.74, 6) is 0.579. The molecule has 2 fully saturated rings. The van der Waals surface area contributed by atoms with E-state index in [0.29, 0.717) is 18.7 Å². The highest BCUT2D eigenvalue weighted by atomic mass is 32.2. The molecule has 2 atom stereocenters. The van der Waals surface area contributed by atoms with Crippen molar-refractivity contribution in [2.45, 2.75) is 43.8 Å². The molecular formula is C16H26N3O4PS. The molecule has 2 rings (SSSR count). The van der Waals surface area contributed by atoms with Crippen molar-refractivity contribution in [2.24, 2.45) is 11.8 Å². The molecule has 4 amide bonds. The van der Waals surface area contributed by atoms with E-state index < -0.39 is 0 Å². The highest BCUT2D eigenvalue weighted by Crippen LogP contribution is 2.32. The van der Waals surface area contributed by atoms with E-state index in [1.807, 2.05) is 0 Å². The summed E-state index contributed by atoms with van der Waals surface area (Å²) in [6, 6.07) is 0.